The molecule has 146 valence electrons. The molecule has 0 amide bonds. The zero-order valence-corrected chi connectivity index (χ0v) is 16.9. The smallest absolute Gasteiger partial charge is 0.159 e. The second-order valence-electron chi connectivity index (χ2n) is 7.74. The van der Waals surface area contributed by atoms with Crippen LogP contribution >= 0.6 is 0 Å². The summed E-state index contributed by atoms with van der Waals surface area (Å²) in [6.45, 7) is 4.99. The van der Waals surface area contributed by atoms with Crippen LogP contribution in [0.5, 0.6) is 0 Å². The van der Waals surface area contributed by atoms with Crippen LogP contribution in [0.25, 0.3) is 0 Å². The van der Waals surface area contributed by atoms with Gasteiger partial charge in [0.15, 0.2) is 5.78 Å². The van der Waals surface area contributed by atoms with Crippen LogP contribution in [-0.4, -0.2) is 67.1 Å². The van der Waals surface area contributed by atoms with Crippen molar-refractivity contribution in [1.82, 2.24) is 9.80 Å². The van der Waals surface area contributed by atoms with Crippen LogP contribution in [0.15, 0.2) is 54.6 Å². The minimum atomic E-state index is -0.680. The number of carbonyl (C=O) groups excluding carboxylic acids is 1. The van der Waals surface area contributed by atoms with Gasteiger partial charge in [0.25, 0.3) is 0 Å². The first-order valence-electron chi connectivity index (χ1n) is 10.0. The minimum Gasteiger partial charge on any atom is -0.379 e. The number of rotatable bonds is 7. The van der Waals surface area contributed by atoms with E-state index in [-0.39, 0.29) is 0 Å². The molecule has 27 heavy (non-hydrogen) atoms. The van der Waals surface area contributed by atoms with Crippen molar-refractivity contribution in [3.63, 3.8) is 0 Å². The molecule has 1 heterocycles. The Kier molecular flexibility index (Phi) is 6.30. The summed E-state index contributed by atoms with van der Waals surface area (Å²) in [6.07, 6.45) is 10.8. The zero-order valence-electron chi connectivity index (χ0n) is 16.9. The predicted octanol–water partition coefficient (Wildman–Crippen LogP) is 3.10. The van der Waals surface area contributed by atoms with Gasteiger partial charge in [-0.1, -0.05) is 61.6 Å². The highest BCUT2D eigenvalue weighted by molar-refractivity contribution is 5.93. The lowest BCUT2D eigenvalue weighted by Gasteiger charge is -2.57. The molecule has 1 aromatic carbocycles. The number of likely N-dealkylation sites (N-methyl/N-ethyl adjacent to an activating group) is 1. The van der Waals surface area contributed by atoms with Crippen molar-refractivity contribution in [2.75, 3.05) is 40.4 Å². The van der Waals surface area contributed by atoms with E-state index in [2.05, 4.69) is 79.4 Å². The summed E-state index contributed by atoms with van der Waals surface area (Å²) < 4.78 is 5.61. The minimum absolute atomic E-state index is 0.303. The van der Waals surface area contributed by atoms with Crippen LogP contribution in [0.2, 0.25) is 0 Å². The number of morpholine rings is 1. The first kappa shape index (κ1) is 20.0. The van der Waals surface area contributed by atoms with E-state index in [0.29, 0.717) is 25.4 Å². The third-order valence-electron chi connectivity index (χ3n) is 6.01. The fraction of sp³-hybridized carbons (Fsp3) is 0.522. The Labute approximate surface area is 163 Å². The van der Waals surface area contributed by atoms with Crippen LogP contribution in [0, 0.1) is 0 Å². The predicted molar refractivity (Wildman–Crippen MR) is 110 cm³/mol. The highest BCUT2D eigenvalue weighted by atomic mass is 16.5. The van der Waals surface area contributed by atoms with E-state index in [1.165, 1.54) is 5.56 Å². The Morgan fingerprint density at radius 1 is 1.11 bits per heavy atom. The number of hydrogen-bond donors (Lipinski definition) is 0. The van der Waals surface area contributed by atoms with Gasteiger partial charge in [-0.05, 0) is 32.5 Å². The van der Waals surface area contributed by atoms with Crippen molar-refractivity contribution >= 4 is 5.78 Å². The molecule has 2 unspecified atom stereocenters. The largest absolute Gasteiger partial charge is 0.379 e. The first-order valence-corrected chi connectivity index (χ1v) is 10.0. The van der Waals surface area contributed by atoms with Crippen LogP contribution in [0.1, 0.15) is 25.3 Å². The van der Waals surface area contributed by atoms with Crippen molar-refractivity contribution in [1.29, 1.82) is 0 Å². The van der Waals surface area contributed by atoms with Crippen molar-refractivity contribution in [2.45, 2.75) is 37.3 Å². The van der Waals surface area contributed by atoms with Crippen LogP contribution in [0.3, 0.4) is 0 Å². The van der Waals surface area contributed by atoms with E-state index in [1.807, 2.05) is 6.07 Å². The molecule has 4 nitrogen and oxygen atoms in total. The summed E-state index contributed by atoms with van der Waals surface area (Å²) >= 11 is 0. The van der Waals surface area contributed by atoms with Crippen molar-refractivity contribution in [2.24, 2.45) is 0 Å². The molecule has 1 aliphatic heterocycles. The normalized spacial score (nSPS) is 28.6. The molecule has 1 aromatic rings. The topological polar surface area (TPSA) is 32.8 Å². The van der Waals surface area contributed by atoms with E-state index in [0.717, 1.165) is 25.9 Å². The highest BCUT2D eigenvalue weighted by Crippen LogP contribution is 2.42. The average molecular weight is 369 g/mol. The number of ether oxygens (including phenoxy) is 1. The lowest BCUT2D eigenvalue weighted by atomic mass is 9.65. The van der Waals surface area contributed by atoms with Gasteiger partial charge < -0.3 is 4.74 Å². The Hall–Kier alpha value is -1.75. The van der Waals surface area contributed by atoms with E-state index in [4.69, 9.17) is 4.74 Å². The number of allylic oxidation sites excluding steroid dienone is 2. The Balaban J connectivity index is 2.15. The summed E-state index contributed by atoms with van der Waals surface area (Å²) in [5, 5.41) is 0. The molecule has 0 radical (unpaired) electrons. The molecule has 2 aliphatic rings. The fourth-order valence-corrected chi connectivity index (χ4v) is 4.65. The maximum absolute atomic E-state index is 13.7. The quantitative estimate of drug-likeness (QED) is 0.740. The molecule has 0 N–H and O–H groups in total. The molecular weight excluding hydrogens is 336 g/mol. The molecule has 1 aliphatic carbocycles. The zero-order chi connectivity index (χ0) is 19.3. The Bertz CT molecular complexity index is 692. The van der Waals surface area contributed by atoms with E-state index < -0.39 is 11.1 Å². The number of ketones is 1. The van der Waals surface area contributed by atoms with Gasteiger partial charge in [-0.2, -0.15) is 0 Å². The van der Waals surface area contributed by atoms with Gasteiger partial charge in [-0.3, -0.25) is 14.6 Å². The molecule has 0 bridgehead atoms. The second kappa shape index (κ2) is 8.51. The number of Topliss-reactive ketones (excluding diaryl/α,β-unsaturated/α-hetero) is 1. The summed E-state index contributed by atoms with van der Waals surface area (Å²) in [6, 6.07) is 10.5. The van der Waals surface area contributed by atoms with E-state index in [1.54, 1.807) is 0 Å². The van der Waals surface area contributed by atoms with Gasteiger partial charge in [-0.25, -0.2) is 0 Å². The van der Waals surface area contributed by atoms with Gasteiger partial charge >= 0.3 is 0 Å². The highest BCUT2D eigenvalue weighted by Gasteiger charge is 2.58. The molecule has 4 heteroatoms. The maximum atomic E-state index is 13.7. The van der Waals surface area contributed by atoms with E-state index in [9.17, 15) is 4.79 Å². The number of nitrogens with zero attached hydrogens (tertiary/aromatic N) is 2. The lowest BCUT2D eigenvalue weighted by Crippen LogP contribution is -2.74. The van der Waals surface area contributed by atoms with Gasteiger partial charge in [0.1, 0.15) is 5.54 Å². The van der Waals surface area contributed by atoms with Gasteiger partial charge in [0, 0.05) is 19.5 Å². The van der Waals surface area contributed by atoms with Gasteiger partial charge in [-0.15, -0.1) is 0 Å². The summed E-state index contributed by atoms with van der Waals surface area (Å²) in [4.78, 5) is 18.3. The van der Waals surface area contributed by atoms with Crippen LogP contribution in [0.4, 0.5) is 0 Å². The molecule has 1 saturated heterocycles. The van der Waals surface area contributed by atoms with Gasteiger partial charge in [0.05, 0.1) is 18.8 Å². The van der Waals surface area contributed by atoms with Crippen LogP contribution < -0.4 is 0 Å². The fourth-order valence-electron chi connectivity index (χ4n) is 4.65. The molecular formula is C23H32N2O2. The Morgan fingerprint density at radius 3 is 2.41 bits per heavy atom. The summed E-state index contributed by atoms with van der Waals surface area (Å²) in [5.74, 6) is 0.303. The molecule has 0 spiro atoms. The average Bonchev–Trinajstić information content (AvgIpc) is 2.70. The maximum Gasteiger partial charge on any atom is 0.159 e. The third kappa shape index (κ3) is 3.54. The lowest BCUT2D eigenvalue weighted by molar-refractivity contribution is -0.140. The molecule has 2 atom stereocenters. The number of benzene rings is 1. The third-order valence-corrected chi connectivity index (χ3v) is 6.01. The molecule has 1 fully saturated rings. The molecule has 0 saturated carbocycles. The van der Waals surface area contributed by atoms with Crippen molar-refractivity contribution < 1.29 is 9.53 Å². The van der Waals surface area contributed by atoms with E-state index >= 15 is 0 Å². The van der Waals surface area contributed by atoms with Crippen molar-refractivity contribution in [3.8, 4) is 0 Å². The Morgan fingerprint density at radius 2 is 1.78 bits per heavy atom. The summed E-state index contributed by atoms with van der Waals surface area (Å²) in [5.41, 5.74) is 0.126. The van der Waals surface area contributed by atoms with Crippen molar-refractivity contribution in [3.05, 3.63) is 60.2 Å². The summed E-state index contributed by atoms with van der Waals surface area (Å²) in [7, 11) is 4.20. The molecule has 0 aromatic heterocycles. The number of carbonyl (C=O) groups is 1. The first-order chi connectivity index (χ1) is 13.1. The monoisotopic (exact) mass is 368 g/mol. The standard InChI is InChI=1S/C23H32N2O2/c1-4-10-21(26)23(25-15-17-27-18-16-25)14-9-8-13-22(23,24(2)3)19-20-11-6-5-7-12-20/h5-9,11-14H,4,10,15-19H2,1-3H3. The molecule has 3 rings (SSSR count). The van der Waals surface area contributed by atoms with Crippen LogP contribution in [-0.2, 0) is 16.0 Å². The second-order valence-corrected chi connectivity index (χ2v) is 7.74. The number of hydrogen-bond acceptors (Lipinski definition) is 4. The SMILES string of the molecule is CCCC(=O)C1(N2CCOCC2)C=CC=CC1(Cc1ccccc1)N(C)C. The van der Waals surface area contributed by atoms with Gasteiger partial charge in [0.2, 0.25) is 0 Å².